The number of aliphatic carboxylic acids is 1. The van der Waals surface area contributed by atoms with Crippen LogP contribution in [0.2, 0.25) is 0 Å². The maximum Gasteiger partial charge on any atom is 0.346 e. The number of hydrogen-bond acceptors (Lipinski definition) is 7. The van der Waals surface area contributed by atoms with Crippen LogP contribution in [-0.4, -0.2) is 24.2 Å². The van der Waals surface area contributed by atoms with Gasteiger partial charge in [0.25, 0.3) is 0 Å². The van der Waals surface area contributed by atoms with E-state index in [2.05, 4.69) is 198 Å². The lowest BCUT2D eigenvalue weighted by Crippen LogP contribution is -2.22. The molecule has 0 saturated carbocycles. The molecule has 0 spiro atoms. The van der Waals surface area contributed by atoms with Crippen molar-refractivity contribution in [1.29, 1.82) is 5.26 Å². The topological polar surface area (TPSA) is 70.8 Å². The fourth-order valence-corrected chi connectivity index (χ4v) is 11.5. The summed E-state index contributed by atoms with van der Waals surface area (Å²) in [5.41, 5.74) is 13.2. The highest BCUT2D eigenvalue weighted by Crippen LogP contribution is 2.51. The Hall–Kier alpha value is -7.18. The zero-order valence-corrected chi connectivity index (χ0v) is 41.6. The van der Waals surface area contributed by atoms with Crippen molar-refractivity contribution in [3.8, 4) is 6.07 Å². The van der Waals surface area contributed by atoms with Gasteiger partial charge in [-0.05, 0) is 132 Å². The van der Waals surface area contributed by atoms with Gasteiger partial charge in [-0.2, -0.15) is 5.26 Å². The summed E-state index contributed by atoms with van der Waals surface area (Å²) < 4.78 is 0. The molecule has 0 aliphatic carbocycles. The smallest absolute Gasteiger partial charge is 0.346 e. The van der Waals surface area contributed by atoms with Crippen LogP contribution >= 0.6 is 23.5 Å². The first-order valence-electron chi connectivity index (χ1n) is 24.6. The van der Waals surface area contributed by atoms with Crippen LogP contribution in [0.25, 0.3) is 30.4 Å². The van der Waals surface area contributed by atoms with Gasteiger partial charge in [0.05, 0.1) is 22.7 Å². The zero-order valence-electron chi connectivity index (χ0n) is 39.9. The number of carboxylic acid groups (broad SMARTS) is 1. The molecular formula is C62H58N4O2S2. The van der Waals surface area contributed by atoms with E-state index in [1.165, 1.54) is 70.6 Å². The average molecular weight is 955 g/mol. The van der Waals surface area contributed by atoms with E-state index in [1.54, 1.807) is 11.8 Å². The summed E-state index contributed by atoms with van der Waals surface area (Å²) in [6, 6.07) is 58.1. The van der Waals surface area contributed by atoms with Gasteiger partial charge < -0.3 is 19.8 Å². The summed E-state index contributed by atoms with van der Waals surface area (Å²) in [6.45, 7) is 6.37. The van der Waals surface area contributed by atoms with Crippen LogP contribution in [0.5, 0.6) is 0 Å². The third kappa shape index (κ3) is 11.3. The van der Waals surface area contributed by atoms with E-state index < -0.39 is 5.97 Å². The number of fused-ring (bicyclic) bond motifs is 4. The third-order valence-corrected chi connectivity index (χ3v) is 15.0. The van der Waals surface area contributed by atoms with Gasteiger partial charge in [-0.1, -0.05) is 173 Å². The highest BCUT2D eigenvalue weighted by atomic mass is 32.2. The second-order valence-corrected chi connectivity index (χ2v) is 19.9. The Kier molecular flexibility index (Phi) is 15.7. The van der Waals surface area contributed by atoms with E-state index in [0.29, 0.717) is 5.56 Å². The van der Waals surface area contributed by atoms with Crippen LogP contribution in [-0.2, 0) is 4.79 Å². The number of hydrogen-bond donors (Lipinski definition) is 1. The second-order valence-electron chi connectivity index (χ2n) is 17.8. The number of nitrogens with zero attached hydrogens (tertiary/aromatic N) is 4. The maximum atomic E-state index is 11.6. The minimum absolute atomic E-state index is 0.277. The number of para-hydroxylation sites is 2. The summed E-state index contributed by atoms with van der Waals surface area (Å²) >= 11 is 3.55. The number of nitriles is 1. The Balaban J connectivity index is 0.951. The predicted octanol–water partition coefficient (Wildman–Crippen LogP) is 17.9. The van der Waals surface area contributed by atoms with E-state index in [-0.39, 0.29) is 5.57 Å². The van der Waals surface area contributed by atoms with Crippen LogP contribution < -0.4 is 14.7 Å². The Morgan fingerprint density at radius 2 is 0.871 bits per heavy atom. The molecule has 8 heteroatoms. The van der Waals surface area contributed by atoms with Crippen molar-refractivity contribution >= 4 is 99.7 Å². The van der Waals surface area contributed by atoms with Crippen molar-refractivity contribution in [1.82, 2.24) is 0 Å². The van der Waals surface area contributed by atoms with Gasteiger partial charge in [-0.3, -0.25) is 0 Å². The number of unbranched alkanes of at least 4 members (excludes halogenated alkanes) is 6. The monoisotopic (exact) mass is 954 g/mol. The molecule has 7 aromatic carbocycles. The van der Waals surface area contributed by atoms with Gasteiger partial charge in [0.1, 0.15) is 11.6 Å². The van der Waals surface area contributed by atoms with Crippen LogP contribution in [0.4, 0.5) is 39.8 Å². The molecule has 2 aliphatic rings. The van der Waals surface area contributed by atoms with Crippen LogP contribution in [0.1, 0.15) is 93.0 Å². The lowest BCUT2D eigenvalue weighted by Gasteiger charge is -2.33. The molecule has 1 N–H and O–H groups in total. The van der Waals surface area contributed by atoms with Crippen molar-refractivity contribution in [2.75, 3.05) is 27.8 Å². The van der Waals surface area contributed by atoms with E-state index in [1.807, 2.05) is 30.0 Å². The van der Waals surface area contributed by atoms with Gasteiger partial charge >= 0.3 is 5.97 Å². The Bertz CT molecular complexity index is 3050. The molecule has 0 amide bonds. The first-order chi connectivity index (χ1) is 34.4. The average Bonchev–Trinajstić information content (AvgIpc) is 3.39. The number of carboxylic acids is 1. The number of carbonyl (C=O) groups is 1. The maximum absolute atomic E-state index is 11.6. The molecule has 0 fully saturated rings. The van der Waals surface area contributed by atoms with E-state index in [0.717, 1.165) is 81.6 Å². The van der Waals surface area contributed by atoms with Gasteiger partial charge in [0.15, 0.2) is 0 Å². The molecule has 2 aliphatic heterocycles. The van der Waals surface area contributed by atoms with Crippen LogP contribution in [0.3, 0.4) is 0 Å². The first kappa shape index (κ1) is 47.9. The normalized spacial score (nSPS) is 12.9. The van der Waals surface area contributed by atoms with Crippen molar-refractivity contribution < 1.29 is 9.90 Å². The zero-order chi connectivity index (χ0) is 48.2. The van der Waals surface area contributed by atoms with E-state index in [9.17, 15) is 15.2 Å². The third-order valence-electron chi connectivity index (χ3n) is 12.8. The molecule has 2 heterocycles. The lowest BCUT2D eigenvalue weighted by molar-refractivity contribution is -0.132. The summed E-state index contributed by atoms with van der Waals surface area (Å²) in [5.74, 6) is -1.22. The summed E-state index contributed by atoms with van der Waals surface area (Å²) in [4.78, 5) is 23.6. The van der Waals surface area contributed by atoms with Gasteiger partial charge in [0, 0.05) is 49.7 Å². The number of rotatable bonds is 19. The fraction of sp³-hybridized carbons (Fsp3) is 0.194. The Labute approximate surface area is 422 Å². The van der Waals surface area contributed by atoms with E-state index >= 15 is 0 Å². The van der Waals surface area contributed by atoms with Crippen molar-refractivity contribution in [3.05, 3.63) is 191 Å². The molecular weight excluding hydrogens is 897 g/mol. The molecule has 0 bridgehead atoms. The highest BCUT2D eigenvalue weighted by molar-refractivity contribution is 8.00. The molecule has 350 valence electrons. The minimum Gasteiger partial charge on any atom is -0.477 e. The molecule has 0 unspecified atom stereocenters. The van der Waals surface area contributed by atoms with Crippen molar-refractivity contribution in [2.45, 2.75) is 84.8 Å². The van der Waals surface area contributed by atoms with Crippen molar-refractivity contribution in [2.24, 2.45) is 0 Å². The van der Waals surface area contributed by atoms with Crippen molar-refractivity contribution in [3.63, 3.8) is 0 Å². The number of anilines is 7. The lowest BCUT2D eigenvalue weighted by atomic mass is 10.1. The van der Waals surface area contributed by atoms with Crippen LogP contribution in [0.15, 0.2) is 183 Å². The summed E-state index contributed by atoms with van der Waals surface area (Å²) in [5, 5.41) is 18.9. The number of benzene rings is 7. The van der Waals surface area contributed by atoms with Gasteiger partial charge in [-0.25, -0.2) is 4.79 Å². The largest absolute Gasteiger partial charge is 0.477 e. The molecule has 0 saturated heterocycles. The summed E-state index contributed by atoms with van der Waals surface area (Å²) in [6.07, 6.45) is 19.7. The fourth-order valence-electron chi connectivity index (χ4n) is 9.14. The Morgan fingerprint density at radius 3 is 1.27 bits per heavy atom. The Morgan fingerprint density at radius 1 is 0.500 bits per heavy atom. The van der Waals surface area contributed by atoms with Crippen LogP contribution in [0, 0.1) is 11.3 Å². The minimum atomic E-state index is -1.22. The highest BCUT2D eigenvalue weighted by Gasteiger charge is 2.26. The molecule has 7 aromatic rings. The quantitative estimate of drug-likeness (QED) is 0.0372. The van der Waals surface area contributed by atoms with E-state index in [4.69, 9.17) is 0 Å². The molecule has 6 nitrogen and oxygen atoms in total. The van der Waals surface area contributed by atoms with Gasteiger partial charge in [-0.15, -0.1) is 0 Å². The SMILES string of the molecule is CCCCCCN1c2ccc(/C=C/c3ccc(N(c4ccccc4)c4ccccc4)cc3)cc2Sc2cc(/C=C/c3ccc4c(c3)Sc3cc(/C=C(\C#N)C(=O)O)ccc3N4CCCCCC)ccc21. The first-order valence-corrected chi connectivity index (χ1v) is 26.2. The standard InChI is InChI=1S/C62H58N4O2S2/c1-3-5-7-15-37-64-54-33-27-46(22-21-45-25-31-53(32-26-45)66(51-17-11-9-12-18-51)52-19-13-10-14-20-52)40-58(54)69-59-41-47(28-34-55(59)64)23-24-48-29-35-56-60(42-48)70-61-43-49(39-50(44-63)62(67)68)30-36-57(61)65(56)38-16-8-6-4-2/h9-14,17-36,39-43H,3-8,15-16,37-38H2,1-2H3,(H,67,68)/b22-21+,24-23+,50-39+. The second kappa shape index (κ2) is 23.0. The molecule has 0 aromatic heterocycles. The predicted molar refractivity (Wildman–Crippen MR) is 297 cm³/mol. The molecule has 9 rings (SSSR count). The summed E-state index contributed by atoms with van der Waals surface area (Å²) in [7, 11) is 0. The molecule has 0 atom stereocenters. The molecule has 70 heavy (non-hydrogen) atoms. The molecule has 0 radical (unpaired) electrons. The van der Waals surface area contributed by atoms with Gasteiger partial charge in [0.2, 0.25) is 0 Å².